The molecule has 0 unspecified atom stereocenters. The molecule has 0 saturated carbocycles. The number of nitrogens with one attached hydrogen (secondary N) is 1. The molecule has 0 aliphatic heterocycles. The molecular formula is C21H29Cl2NO. The molecule has 0 fully saturated rings. The lowest BCUT2D eigenvalue weighted by atomic mass is 9.78. The van der Waals surface area contributed by atoms with Gasteiger partial charge in [0.2, 0.25) is 0 Å². The van der Waals surface area contributed by atoms with Gasteiger partial charge in [0.05, 0.1) is 5.02 Å². The maximum Gasteiger partial charge on any atom is 0.125 e. The van der Waals surface area contributed by atoms with Gasteiger partial charge in [-0.15, -0.1) is 0 Å². The normalized spacial score (nSPS) is 12.6. The molecule has 0 radical (unpaired) electrons. The summed E-state index contributed by atoms with van der Waals surface area (Å²) in [5.74, 6) is 0.434. The molecular weight excluding hydrogens is 353 g/mol. The highest BCUT2D eigenvalue weighted by molar-refractivity contribution is 6.41. The Morgan fingerprint density at radius 1 is 0.920 bits per heavy atom. The van der Waals surface area contributed by atoms with Gasteiger partial charge in [0.15, 0.2) is 0 Å². The molecule has 0 aliphatic carbocycles. The van der Waals surface area contributed by atoms with E-state index in [0.717, 1.165) is 36.0 Å². The Hall–Kier alpha value is -1.12. The third-order valence-corrected chi connectivity index (χ3v) is 5.37. The van der Waals surface area contributed by atoms with Crippen LogP contribution in [-0.2, 0) is 23.7 Å². The number of phenols is 1. The number of H-pyrrole nitrogens is 1. The largest absolute Gasteiger partial charge is 0.507 e. The minimum atomic E-state index is -0.0996. The van der Waals surface area contributed by atoms with Crippen LogP contribution in [0.25, 0.3) is 0 Å². The predicted octanol–water partition coefficient (Wildman–Crippen LogP) is 6.80. The molecule has 0 bridgehead atoms. The highest BCUT2D eigenvalue weighted by Crippen LogP contribution is 2.40. The summed E-state index contributed by atoms with van der Waals surface area (Å²) in [7, 11) is 0. The number of aromatic hydroxyl groups is 1. The van der Waals surface area contributed by atoms with Crippen molar-refractivity contribution in [2.24, 2.45) is 0 Å². The van der Waals surface area contributed by atoms with Gasteiger partial charge in [-0.1, -0.05) is 76.9 Å². The molecule has 2 nitrogen and oxygen atoms in total. The molecule has 1 aromatic heterocycles. The SMILES string of the molecule is CC(C)(C)c1cc(CCCc2c[nH]c(Cl)c2Cl)cc(C(C)(C)C)c1O. The van der Waals surface area contributed by atoms with Crippen molar-refractivity contribution in [1.29, 1.82) is 0 Å². The van der Waals surface area contributed by atoms with Gasteiger partial charge in [-0.05, 0) is 52.3 Å². The predicted molar refractivity (Wildman–Crippen MR) is 108 cm³/mol. The third-order valence-electron chi connectivity index (χ3n) is 4.55. The monoisotopic (exact) mass is 381 g/mol. The average Bonchev–Trinajstić information content (AvgIpc) is 2.78. The number of aryl methyl sites for hydroxylation is 2. The lowest BCUT2D eigenvalue weighted by Crippen LogP contribution is -2.18. The van der Waals surface area contributed by atoms with E-state index in [1.165, 1.54) is 5.56 Å². The van der Waals surface area contributed by atoms with Crippen molar-refractivity contribution >= 4 is 23.2 Å². The Balaban J connectivity index is 2.27. The lowest BCUT2D eigenvalue weighted by Gasteiger charge is -2.28. The van der Waals surface area contributed by atoms with E-state index in [1.54, 1.807) is 0 Å². The summed E-state index contributed by atoms with van der Waals surface area (Å²) < 4.78 is 0. The standard InChI is InChI=1S/C21H29Cl2NO/c1-20(2,3)15-10-13(11-16(18(15)25)21(4,5)6)8-7-9-14-12-24-19(23)17(14)22/h10-12,24-25H,7-9H2,1-6H3. The molecule has 1 aromatic carbocycles. The average molecular weight is 382 g/mol. The van der Waals surface area contributed by atoms with Crippen LogP contribution >= 0.6 is 23.2 Å². The summed E-state index contributed by atoms with van der Waals surface area (Å²) in [5.41, 5.74) is 4.13. The first-order valence-corrected chi connectivity index (χ1v) is 9.55. The van der Waals surface area contributed by atoms with Crippen LogP contribution in [0.5, 0.6) is 5.75 Å². The maximum absolute atomic E-state index is 10.8. The van der Waals surface area contributed by atoms with Gasteiger partial charge in [0, 0.05) is 6.20 Å². The van der Waals surface area contributed by atoms with Crippen LogP contribution in [0.4, 0.5) is 0 Å². The molecule has 4 heteroatoms. The fraction of sp³-hybridized carbons (Fsp3) is 0.524. The van der Waals surface area contributed by atoms with Crippen molar-refractivity contribution in [1.82, 2.24) is 4.98 Å². The van der Waals surface area contributed by atoms with E-state index in [2.05, 4.69) is 58.7 Å². The quantitative estimate of drug-likeness (QED) is 0.599. The Labute approximate surface area is 161 Å². The van der Waals surface area contributed by atoms with Crippen LogP contribution in [-0.4, -0.2) is 10.1 Å². The molecule has 0 amide bonds. The Morgan fingerprint density at radius 3 is 1.84 bits per heavy atom. The van der Waals surface area contributed by atoms with Crippen molar-refractivity contribution in [3.63, 3.8) is 0 Å². The first-order chi connectivity index (χ1) is 11.4. The molecule has 1 heterocycles. The summed E-state index contributed by atoms with van der Waals surface area (Å²) >= 11 is 12.2. The van der Waals surface area contributed by atoms with Crippen LogP contribution < -0.4 is 0 Å². The molecule has 2 aromatic rings. The lowest BCUT2D eigenvalue weighted by molar-refractivity contribution is 0.422. The van der Waals surface area contributed by atoms with E-state index >= 15 is 0 Å². The number of benzene rings is 1. The topological polar surface area (TPSA) is 36.0 Å². The van der Waals surface area contributed by atoms with Crippen molar-refractivity contribution in [3.8, 4) is 5.75 Å². The van der Waals surface area contributed by atoms with E-state index in [9.17, 15) is 5.11 Å². The molecule has 138 valence electrons. The molecule has 0 saturated heterocycles. The molecule has 0 atom stereocenters. The van der Waals surface area contributed by atoms with Crippen LogP contribution in [0.2, 0.25) is 10.2 Å². The Morgan fingerprint density at radius 2 is 1.44 bits per heavy atom. The van der Waals surface area contributed by atoms with Gasteiger partial charge < -0.3 is 10.1 Å². The summed E-state index contributed by atoms with van der Waals surface area (Å²) in [4.78, 5) is 2.95. The highest BCUT2D eigenvalue weighted by Gasteiger charge is 2.26. The zero-order valence-electron chi connectivity index (χ0n) is 16.1. The Kier molecular flexibility index (Phi) is 5.85. The van der Waals surface area contributed by atoms with E-state index in [-0.39, 0.29) is 10.8 Å². The van der Waals surface area contributed by atoms with Crippen LogP contribution in [0.3, 0.4) is 0 Å². The Bertz CT molecular complexity index is 713. The van der Waals surface area contributed by atoms with Crippen molar-refractivity contribution in [2.75, 3.05) is 0 Å². The molecule has 0 spiro atoms. The zero-order chi connectivity index (χ0) is 19.0. The first-order valence-electron chi connectivity index (χ1n) is 8.79. The molecule has 25 heavy (non-hydrogen) atoms. The summed E-state index contributed by atoms with van der Waals surface area (Å²) in [6.07, 6.45) is 4.67. The van der Waals surface area contributed by atoms with Gasteiger partial charge in [0.1, 0.15) is 10.9 Å². The minimum absolute atomic E-state index is 0.0996. The van der Waals surface area contributed by atoms with Gasteiger partial charge in [-0.25, -0.2) is 0 Å². The fourth-order valence-electron chi connectivity index (χ4n) is 3.07. The molecule has 2 N–H and O–H groups in total. The smallest absolute Gasteiger partial charge is 0.125 e. The minimum Gasteiger partial charge on any atom is -0.507 e. The fourth-order valence-corrected chi connectivity index (χ4v) is 3.44. The van der Waals surface area contributed by atoms with Gasteiger partial charge in [-0.3, -0.25) is 0 Å². The van der Waals surface area contributed by atoms with E-state index in [0.29, 0.717) is 15.9 Å². The summed E-state index contributed by atoms with van der Waals surface area (Å²) in [6.45, 7) is 12.8. The van der Waals surface area contributed by atoms with E-state index < -0.39 is 0 Å². The van der Waals surface area contributed by atoms with Gasteiger partial charge in [0.25, 0.3) is 0 Å². The number of rotatable bonds is 4. The van der Waals surface area contributed by atoms with Gasteiger partial charge in [-0.2, -0.15) is 0 Å². The molecule has 0 aliphatic rings. The number of phenolic OH excluding ortho intramolecular Hbond substituents is 1. The van der Waals surface area contributed by atoms with Gasteiger partial charge >= 0.3 is 0 Å². The van der Waals surface area contributed by atoms with Crippen molar-refractivity contribution in [3.05, 3.63) is 50.8 Å². The van der Waals surface area contributed by atoms with Crippen molar-refractivity contribution in [2.45, 2.75) is 71.6 Å². The summed E-state index contributed by atoms with van der Waals surface area (Å²) in [5, 5.41) is 11.9. The second-order valence-electron chi connectivity index (χ2n) is 8.83. The highest BCUT2D eigenvalue weighted by atomic mass is 35.5. The van der Waals surface area contributed by atoms with Crippen LogP contribution in [0.15, 0.2) is 18.3 Å². The second kappa shape index (κ2) is 7.25. The molecule has 2 rings (SSSR count). The number of hydrogen-bond acceptors (Lipinski definition) is 1. The number of hydrogen-bond donors (Lipinski definition) is 2. The second-order valence-corrected chi connectivity index (χ2v) is 9.59. The number of halogens is 2. The number of aromatic amines is 1. The van der Waals surface area contributed by atoms with Crippen LogP contribution in [0.1, 0.15) is 70.2 Å². The van der Waals surface area contributed by atoms with Crippen LogP contribution in [0, 0.1) is 0 Å². The number of aromatic nitrogens is 1. The first kappa shape index (κ1) is 20.2. The zero-order valence-corrected chi connectivity index (χ0v) is 17.6. The van der Waals surface area contributed by atoms with E-state index in [4.69, 9.17) is 23.2 Å². The maximum atomic E-state index is 10.8. The summed E-state index contributed by atoms with van der Waals surface area (Å²) in [6, 6.07) is 4.30. The third kappa shape index (κ3) is 4.74. The van der Waals surface area contributed by atoms with E-state index in [1.807, 2.05) is 6.20 Å². The van der Waals surface area contributed by atoms with Crippen molar-refractivity contribution < 1.29 is 5.11 Å².